The lowest BCUT2D eigenvalue weighted by atomic mass is 10.1. The summed E-state index contributed by atoms with van der Waals surface area (Å²) in [5.74, 6) is 0.588. The Morgan fingerprint density at radius 3 is 2.70 bits per heavy atom. The number of rotatable bonds is 4. The van der Waals surface area contributed by atoms with Crippen LogP contribution in [0.25, 0.3) is 0 Å². The molecule has 0 fully saturated rings. The molecule has 104 valence electrons. The van der Waals surface area contributed by atoms with Crippen molar-refractivity contribution in [1.29, 1.82) is 5.26 Å². The Hall–Kier alpha value is -2.32. The molecule has 0 aliphatic rings. The van der Waals surface area contributed by atoms with Gasteiger partial charge in [0.1, 0.15) is 11.8 Å². The van der Waals surface area contributed by atoms with Crippen molar-refractivity contribution in [1.82, 2.24) is 9.78 Å². The zero-order valence-electron chi connectivity index (χ0n) is 12.0. The van der Waals surface area contributed by atoms with Gasteiger partial charge in [-0.1, -0.05) is 6.07 Å². The topological polar surface area (TPSA) is 76.9 Å². The minimum Gasteiger partial charge on any atom is -0.495 e. The van der Waals surface area contributed by atoms with Crippen molar-refractivity contribution in [3.8, 4) is 11.8 Å². The molecule has 5 nitrogen and oxygen atoms in total. The number of aromatic nitrogens is 2. The van der Waals surface area contributed by atoms with Crippen LogP contribution in [0.5, 0.6) is 5.75 Å². The number of nitrogens with two attached hydrogens (primary N) is 1. The predicted molar refractivity (Wildman–Crippen MR) is 76.4 cm³/mol. The Morgan fingerprint density at radius 1 is 1.40 bits per heavy atom. The molecule has 2 N–H and O–H groups in total. The number of ether oxygens (including phenoxy) is 1. The van der Waals surface area contributed by atoms with Crippen LogP contribution in [0.15, 0.2) is 18.2 Å². The lowest BCUT2D eigenvalue weighted by Crippen LogP contribution is -2.06. The molecule has 0 atom stereocenters. The first-order valence-corrected chi connectivity index (χ1v) is 6.40. The lowest BCUT2D eigenvalue weighted by molar-refractivity contribution is 0.412. The van der Waals surface area contributed by atoms with E-state index in [0.29, 0.717) is 24.4 Å². The van der Waals surface area contributed by atoms with Crippen LogP contribution < -0.4 is 10.5 Å². The largest absolute Gasteiger partial charge is 0.495 e. The number of hydrogen-bond donors (Lipinski definition) is 1. The second kappa shape index (κ2) is 5.76. The summed E-state index contributed by atoms with van der Waals surface area (Å²) in [5, 5.41) is 13.5. The summed E-state index contributed by atoms with van der Waals surface area (Å²) in [6.45, 7) is 5.11. The SMILES string of the molecule is COc1cc(Cn2nc(C)c(CN)c2C)ccc1C#N. The van der Waals surface area contributed by atoms with Crippen LogP contribution in [0.3, 0.4) is 0 Å². The first-order chi connectivity index (χ1) is 9.60. The zero-order chi connectivity index (χ0) is 14.7. The van der Waals surface area contributed by atoms with Gasteiger partial charge in [-0.25, -0.2) is 0 Å². The van der Waals surface area contributed by atoms with E-state index in [4.69, 9.17) is 15.7 Å². The highest BCUT2D eigenvalue weighted by Crippen LogP contribution is 2.21. The molecule has 0 spiro atoms. The third-order valence-electron chi connectivity index (χ3n) is 3.45. The highest BCUT2D eigenvalue weighted by molar-refractivity contribution is 5.45. The van der Waals surface area contributed by atoms with Gasteiger partial charge in [0.05, 0.1) is 24.9 Å². The summed E-state index contributed by atoms with van der Waals surface area (Å²) in [6.07, 6.45) is 0. The summed E-state index contributed by atoms with van der Waals surface area (Å²) in [6, 6.07) is 7.66. The van der Waals surface area contributed by atoms with Gasteiger partial charge >= 0.3 is 0 Å². The van der Waals surface area contributed by atoms with Crippen molar-refractivity contribution >= 4 is 0 Å². The monoisotopic (exact) mass is 270 g/mol. The van der Waals surface area contributed by atoms with Gasteiger partial charge < -0.3 is 10.5 Å². The van der Waals surface area contributed by atoms with Crippen LogP contribution in [-0.4, -0.2) is 16.9 Å². The molecule has 0 saturated carbocycles. The Balaban J connectivity index is 2.33. The quantitative estimate of drug-likeness (QED) is 0.920. The fraction of sp³-hybridized carbons (Fsp3) is 0.333. The molecule has 0 bridgehead atoms. The van der Waals surface area contributed by atoms with Gasteiger partial charge in [-0.2, -0.15) is 10.4 Å². The van der Waals surface area contributed by atoms with E-state index in [2.05, 4.69) is 11.2 Å². The van der Waals surface area contributed by atoms with E-state index in [9.17, 15) is 0 Å². The average molecular weight is 270 g/mol. The Kier molecular flexibility index (Phi) is 4.06. The lowest BCUT2D eigenvalue weighted by Gasteiger charge is -2.08. The Bertz CT molecular complexity index is 667. The number of hydrogen-bond acceptors (Lipinski definition) is 4. The fourth-order valence-electron chi connectivity index (χ4n) is 2.28. The standard InChI is InChI=1S/C15H18N4O/c1-10-14(8-17)11(2)19(18-10)9-12-4-5-13(7-16)15(6-12)20-3/h4-6H,8-9,17H2,1-3H3. The third-order valence-corrected chi connectivity index (χ3v) is 3.45. The number of nitrogens with zero attached hydrogens (tertiary/aromatic N) is 3. The molecule has 1 aromatic heterocycles. The molecular weight excluding hydrogens is 252 g/mol. The normalized spacial score (nSPS) is 10.3. The van der Waals surface area contributed by atoms with E-state index >= 15 is 0 Å². The van der Waals surface area contributed by atoms with Gasteiger partial charge in [0, 0.05) is 17.8 Å². The first kappa shape index (κ1) is 14.1. The summed E-state index contributed by atoms with van der Waals surface area (Å²) in [5.41, 5.74) is 10.4. The summed E-state index contributed by atoms with van der Waals surface area (Å²) in [4.78, 5) is 0. The molecule has 0 amide bonds. The van der Waals surface area contributed by atoms with Crippen LogP contribution in [-0.2, 0) is 13.1 Å². The maximum absolute atomic E-state index is 8.98. The molecular formula is C15H18N4O. The molecule has 5 heteroatoms. The smallest absolute Gasteiger partial charge is 0.136 e. The van der Waals surface area contributed by atoms with Gasteiger partial charge in [0.15, 0.2) is 0 Å². The molecule has 1 heterocycles. The van der Waals surface area contributed by atoms with Crippen molar-refractivity contribution in [2.24, 2.45) is 5.73 Å². The third kappa shape index (κ3) is 2.51. The minimum atomic E-state index is 0.494. The van der Waals surface area contributed by atoms with Crippen molar-refractivity contribution in [3.05, 3.63) is 46.3 Å². The Morgan fingerprint density at radius 2 is 2.15 bits per heavy atom. The van der Waals surface area contributed by atoms with Gasteiger partial charge in [-0.15, -0.1) is 0 Å². The average Bonchev–Trinajstić information content (AvgIpc) is 2.72. The van der Waals surface area contributed by atoms with Gasteiger partial charge in [0.2, 0.25) is 0 Å². The van der Waals surface area contributed by atoms with E-state index in [1.807, 2.05) is 30.7 Å². The van der Waals surface area contributed by atoms with E-state index < -0.39 is 0 Å². The number of nitriles is 1. The summed E-state index contributed by atoms with van der Waals surface area (Å²) < 4.78 is 7.15. The first-order valence-electron chi connectivity index (χ1n) is 6.40. The predicted octanol–water partition coefficient (Wildman–Crippen LogP) is 1.89. The fourth-order valence-corrected chi connectivity index (χ4v) is 2.28. The summed E-state index contributed by atoms with van der Waals surface area (Å²) in [7, 11) is 1.57. The van der Waals surface area contributed by atoms with Crippen LogP contribution in [0.1, 0.15) is 28.1 Å². The molecule has 2 rings (SSSR count). The maximum Gasteiger partial charge on any atom is 0.136 e. The van der Waals surface area contributed by atoms with Gasteiger partial charge in [0.25, 0.3) is 0 Å². The second-order valence-corrected chi connectivity index (χ2v) is 4.66. The van der Waals surface area contributed by atoms with E-state index in [-0.39, 0.29) is 0 Å². The maximum atomic E-state index is 8.98. The molecule has 0 aliphatic heterocycles. The van der Waals surface area contributed by atoms with Crippen LogP contribution in [0.4, 0.5) is 0 Å². The molecule has 1 aromatic carbocycles. The molecule has 2 aromatic rings. The van der Waals surface area contributed by atoms with Gasteiger partial charge in [-0.05, 0) is 31.5 Å². The van der Waals surface area contributed by atoms with Crippen molar-refractivity contribution < 1.29 is 4.74 Å². The second-order valence-electron chi connectivity index (χ2n) is 4.66. The number of aryl methyl sites for hydroxylation is 1. The van der Waals surface area contributed by atoms with Crippen LogP contribution in [0.2, 0.25) is 0 Å². The van der Waals surface area contributed by atoms with Gasteiger partial charge in [-0.3, -0.25) is 4.68 Å². The number of benzene rings is 1. The molecule has 0 radical (unpaired) electrons. The highest BCUT2D eigenvalue weighted by atomic mass is 16.5. The summed E-state index contributed by atoms with van der Waals surface area (Å²) >= 11 is 0. The van der Waals surface area contributed by atoms with E-state index in [1.54, 1.807) is 13.2 Å². The molecule has 20 heavy (non-hydrogen) atoms. The van der Waals surface area contributed by atoms with Crippen molar-refractivity contribution in [3.63, 3.8) is 0 Å². The van der Waals surface area contributed by atoms with Crippen molar-refractivity contribution in [2.75, 3.05) is 7.11 Å². The molecule has 0 aliphatic carbocycles. The molecule has 0 unspecified atom stereocenters. The number of methoxy groups -OCH3 is 1. The van der Waals surface area contributed by atoms with Crippen LogP contribution >= 0.6 is 0 Å². The van der Waals surface area contributed by atoms with E-state index in [0.717, 1.165) is 22.5 Å². The van der Waals surface area contributed by atoms with E-state index in [1.165, 1.54) is 0 Å². The Labute approximate surface area is 118 Å². The minimum absolute atomic E-state index is 0.494. The zero-order valence-corrected chi connectivity index (χ0v) is 12.0. The highest BCUT2D eigenvalue weighted by Gasteiger charge is 2.11. The van der Waals surface area contributed by atoms with Crippen molar-refractivity contribution in [2.45, 2.75) is 26.9 Å². The molecule has 0 saturated heterocycles. The van der Waals surface area contributed by atoms with Crippen LogP contribution in [0, 0.1) is 25.2 Å².